The number of esters is 1. The molecule has 2 rings (SSSR count). The van der Waals surface area contributed by atoms with Crippen molar-refractivity contribution >= 4 is 17.6 Å². The number of carbonyl (C=O) groups is 1. The molecule has 6 nitrogen and oxygen atoms in total. The lowest BCUT2D eigenvalue weighted by atomic mass is 10.1. The molecule has 1 heterocycles. The van der Waals surface area contributed by atoms with Gasteiger partial charge in [-0.1, -0.05) is 26.0 Å². The van der Waals surface area contributed by atoms with Crippen LogP contribution in [-0.2, 0) is 28.8 Å². The Labute approximate surface area is 136 Å². The average Bonchev–Trinajstić information content (AvgIpc) is 2.60. The van der Waals surface area contributed by atoms with Gasteiger partial charge in [-0.3, -0.25) is 4.79 Å². The molecule has 0 aliphatic heterocycles. The van der Waals surface area contributed by atoms with E-state index < -0.39 is 0 Å². The van der Waals surface area contributed by atoms with Crippen LogP contribution in [-0.4, -0.2) is 28.3 Å². The van der Waals surface area contributed by atoms with Gasteiger partial charge in [0, 0.05) is 12.1 Å². The van der Waals surface area contributed by atoms with Crippen LogP contribution < -0.4 is 5.32 Å². The Hall–Kier alpha value is -2.50. The van der Waals surface area contributed by atoms with Crippen molar-refractivity contribution in [3.05, 3.63) is 41.2 Å². The third-order valence-corrected chi connectivity index (χ3v) is 3.56. The topological polar surface area (TPSA) is 77.0 Å². The molecule has 0 aliphatic rings. The summed E-state index contributed by atoms with van der Waals surface area (Å²) >= 11 is 0. The van der Waals surface area contributed by atoms with E-state index in [1.165, 1.54) is 7.11 Å². The van der Waals surface area contributed by atoms with Gasteiger partial charge in [0.05, 0.1) is 18.5 Å². The van der Waals surface area contributed by atoms with Crippen LogP contribution in [0, 0.1) is 0 Å². The number of methoxy groups -OCH3 is 1. The van der Waals surface area contributed by atoms with Crippen molar-refractivity contribution in [3.8, 4) is 0 Å². The van der Waals surface area contributed by atoms with E-state index in [0.717, 1.165) is 35.5 Å². The van der Waals surface area contributed by atoms with Crippen LogP contribution in [0.3, 0.4) is 0 Å². The summed E-state index contributed by atoms with van der Waals surface area (Å²) in [4.78, 5) is 15.7. The Kier molecular flexibility index (Phi) is 6.02. The zero-order chi connectivity index (χ0) is 16.7. The summed E-state index contributed by atoms with van der Waals surface area (Å²) < 4.78 is 4.64. The highest BCUT2D eigenvalue weighted by atomic mass is 16.5. The lowest BCUT2D eigenvalue weighted by Gasteiger charge is -2.08. The van der Waals surface area contributed by atoms with Gasteiger partial charge in [0.2, 0.25) is 5.95 Å². The van der Waals surface area contributed by atoms with Gasteiger partial charge in [0.25, 0.3) is 0 Å². The first kappa shape index (κ1) is 16.9. The molecule has 0 fully saturated rings. The van der Waals surface area contributed by atoms with E-state index in [1.54, 1.807) is 0 Å². The summed E-state index contributed by atoms with van der Waals surface area (Å²) in [5, 5.41) is 11.5. The Balaban J connectivity index is 2.02. The number of ether oxygens (including phenoxy) is 1. The fourth-order valence-electron chi connectivity index (χ4n) is 2.22. The van der Waals surface area contributed by atoms with Crippen molar-refractivity contribution in [3.63, 3.8) is 0 Å². The summed E-state index contributed by atoms with van der Waals surface area (Å²) in [6.07, 6.45) is 2.71. The number of anilines is 2. The van der Waals surface area contributed by atoms with Crippen molar-refractivity contribution in [2.75, 3.05) is 12.4 Å². The first-order valence-corrected chi connectivity index (χ1v) is 7.81. The van der Waals surface area contributed by atoms with Crippen LogP contribution in [0.5, 0.6) is 0 Å². The first-order valence-electron chi connectivity index (χ1n) is 7.81. The molecule has 0 bridgehead atoms. The standard InChI is InChI=1S/C17H22N4O2/c1-4-14-15(5-2)20-21-17(19-14)18-13-9-6-12(7-10-13)8-11-16(22)23-3/h6-7,9-10H,4-5,8,11H2,1-3H3,(H,18,19,21). The van der Waals surface area contributed by atoms with E-state index in [4.69, 9.17) is 0 Å². The van der Waals surface area contributed by atoms with Gasteiger partial charge in [0.1, 0.15) is 0 Å². The number of nitrogens with zero attached hydrogens (tertiary/aromatic N) is 3. The Morgan fingerprint density at radius 2 is 1.78 bits per heavy atom. The number of rotatable bonds is 7. The molecule has 6 heteroatoms. The minimum Gasteiger partial charge on any atom is -0.469 e. The fourth-order valence-corrected chi connectivity index (χ4v) is 2.22. The van der Waals surface area contributed by atoms with Crippen LogP contribution >= 0.6 is 0 Å². The molecule has 0 unspecified atom stereocenters. The second-order valence-electron chi connectivity index (χ2n) is 5.13. The van der Waals surface area contributed by atoms with Crippen molar-refractivity contribution in [1.29, 1.82) is 0 Å². The second-order valence-corrected chi connectivity index (χ2v) is 5.13. The average molecular weight is 314 g/mol. The zero-order valence-corrected chi connectivity index (χ0v) is 13.8. The van der Waals surface area contributed by atoms with E-state index in [-0.39, 0.29) is 5.97 Å². The van der Waals surface area contributed by atoms with Gasteiger partial charge in [0.15, 0.2) is 0 Å². The molecule has 1 aromatic heterocycles. The summed E-state index contributed by atoms with van der Waals surface area (Å²) in [7, 11) is 1.40. The highest BCUT2D eigenvalue weighted by molar-refractivity contribution is 5.69. The van der Waals surface area contributed by atoms with E-state index in [1.807, 2.05) is 31.2 Å². The van der Waals surface area contributed by atoms with Crippen LogP contribution in [0.1, 0.15) is 37.2 Å². The van der Waals surface area contributed by atoms with Gasteiger partial charge in [-0.15, -0.1) is 10.2 Å². The smallest absolute Gasteiger partial charge is 0.305 e. The molecule has 23 heavy (non-hydrogen) atoms. The van der Waals surface area contributed by atoms with Gasteiger partial charge >= 0.3 is 5.97 Å². The number of aromatic nitrogens is 3. The lowest BCUT2D eigenvalue weighted by Crippen LogP contribution is -2.06. The van der Waals surface area contributed by atoms with Gasteiger partial charge in [-0.2, -0.15) is 0 Å². The maximum absolute atomic E-state index is 11.1. The molecule has 0 saturated heterocycles. The van der Waals surface area contributed by atoms with Gasteiger partial charge < -0.3 is 10.1 Å². The molecule has 0 radical (unpaired) electrons. The summed E-state index contributed by atoms with van der Waals surface area (Å²) in [5.41, 5.74) is 3.88. The normalized spacial score (nSPS) is 10.4. The quantitative estimate of drug-likeness (QED) is 0.792. The second kappa shape index (κ2) is 8.22. The maximum atomic E-state index is 11.1. The number of aryl methyl sites for hydroxylation is 3. The minimum absolute atomic E-state index is 0.199. The van der Waals surface area contributed by atoms with E-state index >= 15 is 0 Å². The van der Waals surface area contributed by atoms with Crippen molar-refractivity contribution < 1.29 is 9.53 Å². The van der Waals surface area contributed by atoms with Gasteiger partial charge in [-0.25, -0.2) is 4.98 Å². The minimum atomic E-state index is -0.199. The number of benzene rings is 1. The summed E-state index contributed by atoms with van der Waals surface area (Å²) in [5.74, 6) is 0.302. The molecule has 0 aliphatic carbocycles. The van der Waals surface area contributed by atoms with Crippen molar-refractivity contribution in [1.82, 2.24) is 15.2 Å². The molecule has 1 N–H and O–H groups in total. The third-order valence-electron chi connectivity index (χ3n) is 3.56. The van der Waals surface area contributed by atoms with Crippen molar-refractivity contribution in [2.24, 2.45) is 0 Å². The third kappa shape index (κ3) is 4.74. The molecule has 1 aromatic carbocycles. The summed E-state index contributed by atoms with van der Waals surface area (Å²) in [6.45, 7) is 4.11. The first-order chi connectivity index (χ1) is 11.2. The van der Waals surface area contributed by atoms with E-state index in [9.17, 15) is 4.79 Å². The largest absolute Gasteiger partial charge is 0.469 e. The van der Waals surface area contributed by atoms with Crippen molar-refractivity contribution in [2.45, 2.75) is 39.5 Å². The van der Waals surface area contributed by atoms with Crippen LogP contribution in [0.2, 0.25) is 0 Å². The number of nitrogens with one attached hydrogen (secondary N) is 1. The monoisotopic (exact) mass is 314 g/mol. The number of carbonyl (C=O) groups excluding carboxylic acids is 1. The molecule has 0 amide bonds. The molecule has 0 spiro atoms. The maximum Gasteiger partial charge on any atom is 0.305 e. The van der Waals surface area contributed by atoms with E-state index in [0.29, 0.717) is 18.8 Å². The van der Waals surface area contributed by atoms with Crippen LogP contribution in [0.25, 0.3) is 0 Å². The number of hydrogen-bond donors (Lipinski definition) is 1. The van der Waals surface area contributed by atoms with Gasteiger partial charge in [-0.05, 0) is 37.0 Å². The zero-order valence-electron chi connectivity index (χ0n) is 13.8. The molecular formula is C17H22N4O2. The number of hydrogen-bond acceptors (Lipinski definition) is 6. The Bertz CT molecular complexity index is 656. The molecule has 2 aromatic rings. The highest BCUT2D eigenvalue weighted by Crippen LogP contribution is 2.16. The predicted octanol–water partition coefficient (Wildman–Crippen LogP) is 2.85. The highest BCUT2D eigenvalue weighted by Gasteiger charge is 2.07. The SMILES string of the molecule is CCc1nnc(Nc2ccc(CCC(=O)OC)cc2)nc1CC. The molecular weight excluding hydrogens is 292 g/mol. The van der Waals surface area contributed by atoms with E-state index in [2.05, 4.69) is 32.2 Å². The summed E-state index contributed by atoms with van der Waals surface area (Å²) in [6, 6.07) is 7.82. The predicted molar refractivity (Wildman–Crippen MR) is 88.6 cm³/mol. The van der Waals surface area contributed by atoms with Crippen LogP contribution in [0.15, 0.2) is 24.3 Å². The molecule has 0 saturated carbocycles. The molecule has 0 atom stereocenters. The molecule has 122 valence electrons. The lowest BCUT2D eigenvalue weighted by molar-refractivity contribution is -0.140. The Morgan fingerprint density at radius 3 is 2.39 bits per heavy atom. The fraction of sp³-hybridized carbons (Fsp3) is 0.412. The Morgan fingerprint density at radius 1 is 1.09 bits per heavy atom. The van der Waals surface area contributed by atoms with Crippen LogP contribution in [0.4, 0.5) is 11.6 Å².